The number of aromatic nitrogens is 4. The van der Waals surface area contributed by atoms with E-state index in [-0.39, 0.29) is 0 Å². The fourth-order valence-electron chi connectivity index (χ4n) is 3.95. The van der Waals surface area contributed by atoms with Crippen LogP contribution >= 0.6 is 11.3 Å². The van der Waals surface area contributed by atoms with Crippen molar-refractivity contribution in [2.75, 3.05) is 18.0 Å². The summed E-state index contributed by atoms with van der Waals surface area (Å²) in [6.07, 6.45) is 12.4. The van der Waals surface area contributed by atoms with Gasteiger partial charge in [-0.3, -0.25) is 0 Å². The van der Waals surface area contributed by atoms with Crippen LogP contribution in [-0.2, 0) is 27.2 Å². The summed E-state index contributed by atoms with van der Waals surface area (Å²) in [7, 11) is 4.05. The van der Waals surface area contributed by atoms with E-state index in [1.807, 2.05) is 48.6 Å². The first kappa shape index (κ1) is 24.8. The number of azo groups is 1. The molecule has 0 fully saturated rings. The van der Waals surface area contributed by atoms with E-state index in [9.17, 15) is 5.26 Å². The number of thiophene rings is 1. The normalized spacial score (nSPS) is 11.1. The highest BCUT2D eigenvalue weighted by Gasteiger charge is 2.16. The Balaban J connectivity index is 1.54. The van der Waals surface area contributed by atoms with Gasteiger partial charge in [-0.1, -0.05) is 0 Å². The minimum atomic E-state index is 0.401. The van der Waals surface area contributed by atoms with E-state index in [1.54, 1.807) is 6.92 Å². The van der Waals surface area contributed by atoms with Crippen molar-refractivity contribution in [1.82, 2.24) is 9.13 Å². The number of hydrogen-bond acceptors (Lipinski definition) is 5. The standard InChI is InChI=1S/C26H29N9S/c1-20-16-22(6-7-23(20)29-30-26-25(28-3)21(2)24(17-27)36-26)35(14-12-33-10-8-31(4)18-33)15-13-34-11-9-32(5)19-34/h6-11,16,18-19H,12-15H2,1-2,4-5H3/q+2/b30-29+. The molecule has 3 heterocycles. The van der Waals surface area contributed by atoms with Crippen LogP contribution in [0.15, 0.2) is 65.9 Å². The van der Waals surface area contributed by atoms with Crippen LogP contribution in [0.25, 0.3) is 4.85 Å². The third kappa shape index (κ3) is 5.68. The average Bonchev–Trinajstić information content (AvgIpc) is 3.56. The van der Waals surface area contributed by atoms with Crippen LogP contribution < -0.4 is 14.0 Å². The predicted molar refractivity (Wildman–Crippen MR) is 139 cm³/mol. The van der Waals surface area contributed by atoms with Crippen LogP contribution in [0.2, 0.25) is 0 Å². The largest absolute Gasteiger partial charge is 0.364 e. The molecule has 0 unspecified atom stereocenters. The Morgan fingerprint density at radius 2 is 1.69 bits per heavy atom. The van der Waals surface area contributed by atoms with Gasteiger partial charge in [0.1, 0.15) is 48.9 Å². The summed E-state index contributed by atoms with van der Waals surface area (Å²) in [4.78, 5) is 6.43. The molecule has 0 N–H and O–H groups in total. The number of anilines is 1. The monoisotopic (exact) mass is 499 g/mol. The SMILES string of the molecule is [C-]#[N+]c1c(/N=N/c2ccc(N(CCn3cc[n+](C)c3)CCn3cc[n+](C)c3)cc2C)sc(C#N)c1C. The molecule has 0 spiro atoms. The van der Waals surface area contributed by atoms with Crippen LogP contribution in [0, 0.1) is 31.8 Å². The number of nitriles is 1. The Bertz CT molecular complexity index is 1430. The van der Waals surface area contributed by atoms with Gasteiger partial charge in [0.05, 0.1) is 44.3 Å². The van der Waals surface area contributed by atoms with Gasteiger partial charge in [-0.2, -0.15) is 15.5 Å². The molecule has 4 aromatic rings. The summed E-state index contributed by atoms with van der Waals surface area (Å²) in [6, 6.07) is 8.31. The molecule has 1 aromatic carbocycles. The van der Waals surface area contributed by atoms with E-state index in [2.05, 4.69) is 72.4 Å². The lowest BCUT2D eigenvalue weighted by Crippen LogP contribution is -2.31. The topological polar surface area (TPSA) is 73.7 Å². The molecule has 0 amide bonds. The van der Waals surface area contributed by atoms with Crippen LogP contribution in [0.4, 0.5) is 22.1 Å². The fraction of sp³-hybridized carbons (Fsp3) is 0.308. The van der Waals surface area contributed by atoms with E-state index >= 15 is 0 Å². The van der Waals surface area contributed by atoms with E-state index in [4.69, 9.17) is 6.57 Å². The van der Waals surface area contributed by atoms with Crippen molar-refractivity contribution in [2.24, 2.45) is 24.3 Å². The summed E-state index contributed by atoms with van der Waals surface area (Å²) in [5.41, 5.74) is 3.94. The van der Waals surface area contributed by atoms with Gasteiger partial charge in [-0.15, -0.1) is 11.3 Å². The summed E-state index contributed by atoms with van der Waals surface area (Å²) in [5, 5.41) is 18.5. The Hall–Kier alpha value is -4.28. The third-order valence-corrected chi connectivity index (χ3v) is 7.08. The molecule has 36 heavy (non-hydrogen) atoms. The molecule has 3 aromatic heterocycles. The first-order valence-electron chi connectivity index (χ1n) is 11.6. The quantitative estimate of drug-likeness (QED) is 0.191. The van der Waals surface area contributed by atoms with Gasteiger partial charge in [0.15, 0.2) is 0 Å². The first-order valence-corrected chi connectivity index (χ1v) is 12.4. The van der Waals surface area contributed by atoms with Crippen LogP contribution in [-0.4, -0.2) is 22.2 Å². The van der Waals surface area contributed by atoms with E-state index in [0.717, 1.165) is 43.1 Å². The second-order valence-corrected chi connectivity index (χ2v) is 9.72. The Kier molecular flexibility index (Phi) is 7.57. The molecular formula is C26H29N9S+2. The number of nitrogens with zero attached hydrogens (tertiary/aromatic N) is 9. The van der Waals surface area contributed by atoms with Crippen molar-refractivity contribution in [3.63, 3.8) is 0 Å². The Labute approximate surface area is 215 Å². The van der Waals surface area contributed by atoms with Crippen LogP contribution in [0.5, 0.6) is 0 Å². The van der Waals surface area contributed by atoms with Crippen molar-refractivity contribution in [1.29, 1.82) is 5.26 Å². The average molecular weight is 500 g/mol. The van der Waals surface area contributed by atoms with Gasteiger partial charge in [-0.05, 0) is 43.2 Å². The molecule has 0 radical (unpaired) electrons. The number of imidazole rings is 2. The minimum absolute atomic E-state index is 0.401. The molecule has 10 heteroatoms. The second-order valence-electron chi connectivity index (χ2n) is 8.73. The van der Waals surface area contributed by atoms with Crippen molar-refractivity contribution >= 4 is 33.4 Å². The minimum Gasteiger partial charge on any atom is -0.364 e. The number of hydrogen-bond donors (Lipinski definition) is 0. The number of benzene rings is 1. The Morgan fingerprint density at radius 1 is 1.06 bits per heavy atom. The van der Waals surface area contributed by atoms with Gasteiger partial charge in [0.2, 0.25) is 18.3 Å². The highest BCUT2D eigenvalue weighted by molar-refractivity contribution is 7.17. The van der Waals surface area contributed by atoms with Gasteiger partial charge < -0.3 is 4.90 Å². The summed E-state index contributed by atoms with van der Waals surface area (Å²) >= 11 is 1.20. The molecule has 4 rings (SSSR count). The molecule has 0 aliphatic carbocycles. The fourth-order valence-corrected chi connectivity index (χ4v) is 4.82. The lowest BCUT2D eigenvalue weighted by Gasteiger charge is -2.24. The molecule has 9 nitrogen and oxygen atoms in total. The molecule has 0 saturated heterocycles. The molecule has 0 aliphatic rings. The van der Waals surface area contributed by atoms with E-state index < -0.39 is 0 Å². The van der Waals surface area contributed by atoms with E-state index in [1.165, 1.54) is 11.3 Å². The van der Waals surface area contributed by atoms with Crippen molar-refractivity contribution < 1.29 is 9.13 Å². The molecule has 182 valence electrons. The lowest BCUT2D eigenvalue weighted by molar-refractivity contribution is -0.671. The van der Waals surface area contributed by atoms with Gasteiger partial charge in [0, 0.05) is 5.69 Å². The van der Waals surface area contributed by atoms with Crippen molar-refractivity contribution in [3.05, 3.63) is 83.1 Å². The zero-order chi connectivity index (χ0) is 25.7. The van der Waals surface area contributed by atoms with E-state index in [0.29, 0.717) is 21.1 Å². The highest BCUT2D eigenvalue weighted by atomic mass is 32.1. The number of aryl methyl sites for hydroxylation is 3. The van der Waals surface area contributed by atoms with Crippen molar-refractivity contribution in [2.45, 2.75) is 26.9 Å². The summed E-state index contributed by atoms with van der Waals surface area (Å²) in [6.45, 7) is 14.7. The third-order valence-electron chi connectivity index (χ3n) is 6.01. The molecule has 0 bridgehead atoms. The highest BCUT2D eigenvalue weighted by Crippen LogP contribution is 2.42. The smallest absolute Gasteiger partial charge is 0.243 e. The Morgan fingerprint density at radius 3 is 2.19 bits per heavy atom. The molecular weight excluding hydrogens is 470 g/mol. The maximum Gasteiger partial charge on any atom is 0.243 e. The van der Waals surface area contributed by atoms with Gasteiger partial charge in [0.25, 0.3) is 0 Å². The molecule has 0 saturated carbocycles. The summed E-state index contributed by atoms with van der Waals surface area (Å²) < 4.78 is 8.46. The zero-order valence-corrected chi connectivity index (χ0v) is 21.8. The maximum atomic E-state index is 9.27. The van der Waals surface area contributed by atoms with Crippen LogP contribution in [0.1, 0.15) is 16.0 Å². The molecule has 0 atom stereocenters. The first-order chi connectivity index (χ1) is 17.4. The van der Waals surface area contributed by atoms with Crippen LogP contribution in [0.3, 0.4) is 0 Å². The van der Waals surface area contributed by atoms with Gasteiger partial charge in [-0.25, -0.2) is 23.1 Å². The van der Waals surface area contributed by atoms with Gasteiger partial charge >= 0.3 is 0 Å². The number of rotatable bonds is 9. The summed E-state index contributed by atoms with van der Waals surface area (Å²) in [5.74, 6) is 0. The second kappa shape index (κ2) is 11.0. The maximum absolute atomic E-state index is 9.27. The van der Waals surface area contributed by atoms with Crippen molar-refractivity contribution in [3.8, 4) is 6.07 Å². The zero-order valence-electron chi connectivity index (χ0n) is 21.0. The molecule has 0 aliphatic heterocycles. The lowest BCUT2D eigenvalue weighted by atomic mass is 10.1. The predicted octanol–water partition coefficient (Wildman–Crippen LogP) is 4.66.